The quantitative estimate of drug-likeness (QED) is 0.665. The number of ether oxygens (including phenoxy) is 1. The predicted octanol–water partition coefficient (Wildman–Crippen LogP) is 3.24. The number of nitrogens with zero attached hydrogens (tertiary/aromatic N) is 1. The van der Waals surface area contributed by atoms with E-state index in [-0.39, 0.29) is 17.2 Å². The zero-order valence-corrected chi connectivity index (χ0v) is 13.8. The zero-order valence-electron chi connectivity index (χ0n) is 13.8. The summed E-state index contributed by atoms with van der Waals surface area (Å²) in [6.07, 6.45) is 0.552. The fraction of sp³-hybridized carbons (Fsp3) is 0.529. The number of esters is 1. The fourth-order valence-corrected chi connectivity index (χ4v) is 2.72. The van der Waals surface area contributed by atoms with Gasteiger partial charge in [0.2, 0.25) is 0 Å². The molecule has 2 N–H and O–H groups in total. The number of amides is 1. The van der Waals surface area contributed by atoms with Crippen LogP contribution in [0.3, 0.4) is 0 Å². The van der Waals surface area contributed by atoms with E-state index in [0.29, 0.717) is 19.2 Å². The molecule has 1 amide bonds. The molecule has 1 aliphatic heterocycles. The topological polar surface area (TPSA) is 72.6 Å². The minimum atomic E-state index is -4.54. The summed E-state index contributed by atoms with van der Waals surface area (Å²) in [5.74, 6) is -1.22. The molecule has 0 unspecified atom stereocenters. The number of benzene rings is 1. The molecule has 5 nitrogen and oxygen atoms in total. The van der Waals surface area contributed by atoms with E-state index in [1.165, 1.54) is 0 Å². The number of hydrogen-bond acceptors (Lipinski definition) is 4. The van der Waals surface area contributed by atoms with Gasteiger partial charge in [-0.3, -0.25) is 4.79 Å². The van der Waals surface area contributed by atoms with Crippen molar-refractivity contribution in [2.45, 2.75) is 38.3 Å². The van der Waals surface area contributed by atoms with E-state index in [0.717, 1.165) is 44.2 Å². The Labute approximate surface area is 143 Å². The first-order valence-corrected chi connectivity index (χ1v) is 8.20. The summed E-state index contributed by atoms with van der Waals surface area (Å²) in [5.41, 5.74) is 4.04. The third kappa shape index (κ3) is 5.37. The smallest absolute Gasteiger partial charge is 0.416 e. The van der Waals surface area contributed by atoms with Gasteiger partial charge < -0.3 is 15.4 Å². The second-order valence-corrected chi connectivity index (χ2v) is 6.02. The van der Waals surface area contributed by atoms with Crippen LogP contribution in [0.4, 0.5) is 18.9 Å². The molecule has 25 heavy (non-hydrogen) atoms. The van der Waals surface area contributed by atoms with Gasteiger partial charge >= 0.3 is 12.1 Å². The molecular formula is C17H21F3N2O3. The molecule has 0 radical (unpaired) electrons. The molecule has 138 valence electrons. The van der Waals surface area contributed by atoms with Crippen molar-refractivity contribution in [3.8, 4) is 0 Å². The lowest BCUT2D eigenvalue weighted by atomic mass is 10.1. The first-order chi connectivity index (χ1) is 11.8. The number of anilines is 1. The van der Waals surface area contributed by atoms with E-state index < -0.39 is 24.3 Å². The molecule has 0 atom stereocenters. The number of carbonyl (C=O) groups excluding carboxylic acids is 2. The SMILES string of the molecule is Nc1cc(C(F)(F)F)ccc1C(=O)OCC(=O)N1CCCCCCC1. The minimum Gasteiger partial charge on any atom is -0.452 e. The number of carbonyl (C=O) groups is 2. The van der Waals surface area contributed by atoms with Crippen LogP contribution in [-0.2, 0) is 15.7 Å². The zero-order chi connectivity index (χ0) is 18.4. The molecule has 1 heterocycles. The standard InChI is InChI=1S/C17H21F3N2O3/c18-17(19,20)12-6-7-13(14(21)10-12)16(24)25-11-15(23)22-8-4-2-1-3-5-9-22/h6-7,10H,1-5,8-9,11,21H2. The van der Waals surface area contributed by atoms with E-state index in [2.05, 4.69) is 0 Å². The van der Waals surface area contributed by atoms with Crippen LogP contribution in [0.25, 0.3) is 0 Å². The van der Waals surface area contributed by atoms with E-state index in [4.69, 9.17) is 10.5 Å². The number of nitrogens with two attached hydrogens (primary N) is 1. The lowest BCUT2D eigenvalue weighted by Gasteiger charge is -2.24. The number of alkyl halides is 3. The van der Waals surface area contributed by atoms with Crippen molar-refractivity contribution < 1.29 is 27.5 Å². The molecule has 1 aromatic rings. The summed E-state index contributed by atoms with van der Waals surface area (Å²) < 4.78 is 42.7. The maximum atomic E-state index is 12.6. The first kappa shape index (κ1) is 19.1. The molecule has 0 aliphatic carbocycles. The van der Waals surface area contributed by atoms with Gasteiger partial charge in [0.1, 0.15) is 0 Å². The number of nitrogen functional groups attached to an aromatic ring is 1. The van der Waals surface area contributed by atoms with Crippen molar-refractivity contribution in [1.29, 1.82) is 0 Å². The molecule has 8 heteroatoms. The van der Waals surface area contributed by atoms with Crippen molar-refractivity contribution in [3.05, 3.63) is 29.3 Å². The number of likely N-dealkylation sites (tertiary alicyclic amines) is 1. The van der Waals surface area contributed by atoms with Crippen molar-refractivity contribution in [1.82, 2.24) is 4.90 Å². The molecule has 1 fully saturated rings. The Balaban J connectivity index is 1.94. The Morgan fingerprint density at radius 2 is 1.68 bits per heavy atom. The van der Waals surface area contributed by atoms with Crippen LogP contribution < -0.4 is 5.73 Å². The summed E-state index contributed by atoms with van der Waals surface area (Å²) >= 11 is 0. The van der Waals surface area contributed by atoms with Gasteiger partial charge in [-0.15, -0.1) is 0 Å². The second-order valence-electron chi connectivity index (χ2n) is 6.02. The van der Waals surface area contributed by atoms with Gasteiger partial charge in [0.15, 0.2) is 6.61 Å². The van der Waals surface area contributed by atoms with Crippen LogP contribution in [0.2, 0.25) is 0 Å². The Hall–Kier alpha value is -2.25. The summed E-state index contributed by atoms with van der Waals surface area (Å²) in [4.78, 5) is 25.8. The third-order valence-electron chi connectivity index (χ3n) is 4.13. The van der Waals surface area contributed by atoms with Gasteiger partial charge in [0, 0.05) is 18.8 Å². The summed E-state index contributed by atoms with van der Waals surface area (Å²) in [6.45, 7) is 0.802. The van der Waals surface area contributed by atoms with E-state index in [9.17, 15) is 22.8 Å². The van der Waals surface area contributed by atoms with Gasteiger partial charge in [0.25, 0.3) is 5.91 Å². The summed E-state index contributed by atoms with van der Waals surface area (Å²) in [6, 6.07) is 2.39. The van der Waals surface area contributed by atoms with Crippen molar-refractivity contribution in [3.63, 3.8) is 0 Å². The average molecular weight is 358 g/mol. The second kappa shape index (κ2) is 8.22. The largest absolute Gasteiger partial charge is 0.452 e. The Kier molecular flexibility index (Phi) is 6.27. The summed E-state index contributed by atoms with van der Waals surface area (Å²) in [7, 11) is 0. The van der Waals surface area contributed by atoms with Gasteiger partial charge in [0.05, 0.1) is 11.1 Å². The molecular weight excluding hydrogens is 337 g/mol. The van der Waals surface area contributed by atoms with E-state index in [1.54, 1.807) is 4.90 Å². The number of hydrogen-bond donors (Lipinski definition) is 1. The number of halogens is 3. The van der Waals surface area contributed by atoms with Gasteiger partial charge in [-0.05, 0) is 31.0 Å². The van der Waals surface area contributed by atoms with E-state index in [1.807, 2.05) is 0 Å². The molecule has 0 spiro atoms. The molecule has 1 aliphatic rings. The Morgan fingerprint density at radius 1 is 1.08 bits per heavy atom. The van der Waals surface area contributed by atoms with Gasteiger partial charge in [-0.2, -0.15) is 13.2 Å². The van der Waals surface area contributed by atoms with Crippen LogP contribution >= 0.6 is 0 Å². The maximum absolute atomic E-state index is 12.6. The highest BCUT2D eigenvalue weighted by molar-refractivity contribution is 5.96. The molecule has 2 rings (SSSR count). The molecule has 0 saturated carbocycles. The summed E-state index contributed by atoms with van der Waals surface area (Å²) in [5, 5.41) is 0. The van der Waals surface area contributed by atoms with Gasteiger partial charge in [-0.1, -0.05) is 19.3 Å². The number of rotatable bonds is 3. The monoisotopic (exact) mass is 358 g/mol. The molecule has 0 aromatic heterocycles. The predicted molar refractivity (Wildman–Crippen MR) is 85.8 cm³/mol. The maximum Gasteiger partial charge on any atom is 0.416 e. The van der Waals surface area contributed by atoms with Crippen LogP contribution in [0.1, 0.15) is 48.0 Å². The van der Waals surface area contributed by atoms with E-state index >= 15 is 0 Å². The average Bonchev–Trinajstić information content (AvgIpc) is 2.51. The minimum absolute atomic E-state index is 0.187. The van der Waals surface area contributed by atoms with Gasteiger partial charge in [-0.25, -0.2) is 4.79 Å². The van der Waals surface area contributed by atoms with Crippen LogP contribution in [0.5, 0.6) is 0 Å². The lowest BCUT2D eigenvalue weighted by molar-refractivity contribution is -0.137. The van der Waals surface area contributed by atoms with Crippen LogP contribution in [0, 0.1) is 0 Å². The molecule has 0 bridgehead atoms. The van der Waals surface area contributed by atoms with Crippen molar-refractivity contribution in [2.75, 3.05) is 25.4 Å². The molecule has 1 saturated heterocycles. The van der Waals surface area contributed by atoms with Crippen molar-refractivity contribution in [2.24, 2.45) is 0 Å². The molecule has 1 aromatic carbocycles. The Morgan fingerprint density at radius 3 is 2.24 bits per heavy atom. The third-order valence-corrected chi connectivity index (χ3v) is 4.13. The van der Waals surface area contributed by atoms with Crippen LogP contribution in [0.15, 0.2) is 18.2 Å². The highest BCUT2D eigenvalue weighted by Crippen LogP contribution is 2.31. The normalized spacial score (nSPS) is 16.0. The Bertz CT molecular complexity index is 624. The highest BCUT2D eigenvalue weighted by atomic mass is 19.4. The lowest BCUT2D eigenvalue weighted by Crippen LogP contribution is -2.37. The highest BCUT2D eigenvalue weighted by Gasteiger charge is 2.31. The fourth-order valence-electron chi connectivity index (χ4n) is 2.72. The first-order valence-electron chi connectivity index (χ1n) is 8.20. The van der Waals surface area contributed by atoms with Crippen LogP contribution in [-0.4, -0.2) is 36.5 Å². The van der Waals surface area contributed by atoms with Crippen molar-refractivity contribution >= 4 is 17.6 Å².